The summed E-state index contributed by atoms with van der Waals surface area (Å²) in [6, 6.07) is -0.873. The quantitative estimate of drug-likeness (QED) is 0.0156. The average molecular weight is 1160 g/mol. The van der Waals surface area contributed by atoms with Crippen LogP contribution in [-0.4, -0.2) is 74.3 Å². The Bertz CT molecular complexity index is 1770. The van der Waals surface area contributed by atoms with Gasteiger partial charge < -0.3 is 19.4 Å². The lowest BCUT2D eigenvalue weighted by molar-refractivity contribution is -0.870. The fourth-order valence-electron chi connectivity index (χ4n) is 9.29. The van der Waals surface area contributed by atoms with E-state index in [1.54, 1.807) is 0 Å². The molecule has 1 amide bonds. The minimum absolute atomic E-state index is 0.0291. The van der Waals surface area contributed by atoms with Crippen molar-refractivity contribution in [2.24, 2.45) is 0 Å². The molecule has 10 heteroatoms. The number of carbonyl (C=O) groups excluding carboxylic acids is 2. The van der Waals surface area contributed by atoms with Gasteiger partial charge in [0.25, 0.3) is 0 Å². The predicted octanol–water partition coefficient (Wildman–Crippen LogP) is 21.3. The Morgan fingerprint density at radius 1 is 0.451 bits per heavy atom. The summed E-state index contributed by atoms with van der Waals surface area (Å²) in [6.45, 7) is 6.87. The van der Waals surface area contributed by atoms with Crippen molar-refractivity contribution in [2.75, 3.05) is 40.9 Å². The van der Waals surface area contributed by atoms with Crippen molar-refractivity contribution in [3.8, 4) is 0 Å². The summed E-state index contributed by atoms with van der Waals surface area (Å²) < 4.78 is 30.7. The molecule has 82 heavy (non-hydrogen) atoms. The van der Waals surface area contributed by atoms with Gasteiger partial charge in [-0.3, -0.25) is 18.6 Å². The summed E-state index contributed by atoms with van der Waals surface area (Å²) in [4.78, 5) is 37.8. The molecule has 0 heterocycles. The lowest BCUT2D eigenvalue weighted by atomic mass is 10.0. The van der Waals surface area contributed by atoms with Gasteiger partial charge >= 0.3 is 13.8 Å². The first-order chi connectivity index (χ1) is 39.9. The largest absolute Gasteiger partial charge is 0.472 e. The Hall–Kier alpha value is -3.33. The van der Waals surface area contributed by atoms with E-state index in [4.69, 9.17) is 13.8 Å². The first kappa shape index (κ1) is 78.7. The number of likely N-dealkylation sites (N-methyl/N-ethyl adjacent to an activating group) is 1. The molecule has 0 saturated carbocycles. The summed E-state index contributed by atoms with van der Waals surface area (Å²) >= 11 is 0. The van der Waals surface area contributed by atoms with Crippen molar-refractivity contribution in [1.29, 1.82) is 0 Å². The second kappa shape index (κ2) is 60.8. The Balaban J connectivity index is 5.19. The number of esters is 1. The molecular formula is C72H128N2O7P+. The summed E-state index contributed by atoms with van der Waals surface area (Å²) in [6.07, 6.45) is 83.8. The van der Waals surface area contributed by atoms with Crippen LogP contribution in [-0.2, 0) is 27.9 Å². The highest BCUT2D eigenvalue weighted by Gasteiger charge is 2.30. The molecule has 0 spiro atoms. The van der Waals surface area contributed by atoms with Gasteiger partial charge in [-0.25, -0.2) is 4.57 Å². The molecule has 0 bridgehead atoms. The SMILES string of the molecule is CC/C=C\C/C=C\C/C=C\C/C=C\C/C=C\C/C=C\CCCCCCCCCCC(=O)OC(/C=C\CCCCCCCCCCCCC)C(COP(=O)(O)OCC[N+](C)(C)C)NC(=O)CCCCC/C=C/C=C/CCCCCCCCC. The lowest BCUT2D eigenvalue weighted by Crippen LogP contribution is -2.47. The number of amides is 1. The van der Waals surface area contributed by atoms with Gasteiger partial charge in [0.05, 0.1) is 33.8 Å². The molecule has 0 aliphatic carbocycles. The Labute approximate surface area is 506 Å². The van der Waals surface area contributed by atoms with Crippen LogP contribution in [0.4, 0.5) is 0 Å². The maximum absolute atomic E-state index is 13.6. The third-order valence-corrected chi connectivity index (χ3v) is 15.5. The van der Waals surface area contributed by atoms with Crippen LogP contribution in [0.2, 0.25) is 0 Å². The van der Waals surface area contributed by atoms with Crippen molar-refractivity contribution in [3.63, 3.8) is 0 Å². The molecular weight excluding hydrogens is 1040 g/mol. The van der Waals surface area contributed by atoms with Crippen LogP contribution in [0.5, 0.6) is 0 Å². The van der Waals surface area contributed by atoms with Crippen molar-refractivity contribution < 1.29 is 37.3 Å². The molecule has 0 radical (unpaired) electrons. The van der Waals surface area contributed by atoms with Gasteiger partial charge in [-0.15, -0.1) is 0 Å². The maximum atomic E-state index is 13.6. The predicted molar refractivity (Wildman–Crippen MR) is 355 cm³/mol. The van der Waals surface area contributed by atoms with E-state index in [0.29, 0.717) is 23.9 Å². The molecule has 0 fully saturated rings. The smallest absolute Gasteiger partial charge is 0.456 e. The fourth-order valence-corrected chi connectivity index (χ4v) is 10.0. The van der Waals surface area contributed by atoms with Crippen LogP contribution in [0.3, 0.4) is 0 Å². The topological polar surface area (TPSA) is 111 Å². The number of ether oxygens (including phenoxy) is 1. The molecule has 2 N–H and O–H groups in total. The lowest BCUT2D eigenvalue weighted by Gasteiger charge is -2.27. The van der Waals surface area contributed by atoms with Gasteiger partial charge in [0, 0.05) is 12.8 Å². The van der Waals surface area contributed by atoms with Crippen LogP contribution < -0.4 is 5.32 Å². The highest BCUT2D eigenvalue weighted by molar-refractivity contribution is 7.47. The van der Waals surface area contributed by atoms with E-state index in [2.05, 4.69) is 123 Å². The number of quaternary nitrogens is 1. The number of rotatable bonds is 60. The first-order valence-electron chi connectivity index (χ1n) is 33.7. The van der Waals surface area contributed by atoms with Gasteiger partial charge in [0.15, 0.2) is 0 Å². The summed E-state index contributed by atoms with van der Waals surface area (Å²) in [5.41, 5.74) is 0. The Kier molecular flexibility index (Phi) is 58.3. The standard InChI is InChI=1S/C72H127N2O7P/c1-7-10-13-16-19-22-25-28-30-32-33-34-35-36-37-38-39-40-41-42-44-47-50-53-56-59-62-65-72(76)81-70(63-60-57-54-51-48-45-27-24-21-18-15-12-9-3)69(68-80-82(77,78)79-67-66-74(4,5)6)73-71(75)64-61-58-55-52-49-46-43-31-29-26-23-20-17-14-11-8-2/h10,13,19,22,28,30-31,33-34,36-37,39-40,43,46,49,60,63,69-70H,7-9,11-12,14-18,20-21,23-27,29,32,35,38,41-42,44-45,47-48,50-59,61-62,64-68H2,1-6H3,(H-,73,75,77,78)/p+1/b13-10-,22-19-,30-28-,34-33-,37-36-,40-39-,43-31+,49-46+,63-60-. The molecule has 3 unspecified atom stereocenters. The number of hydrogen-bond acceptors (Lipinski definition) is 6. The van der Waals surface area contributed by atoms with E-state index >= 15 is 0 Å². The zero-order valence-electron chi connectivity index (χ0n) is 54.0. The number of phosphoric ester groups is 1. The second-order valence-electron chi connectivity index (χ2n) is 23.6. The monoisotopic (exact) mass is 1160 g/mol. The third-order valence-electron chi connectivity index (χ3n) is 14.5. The van der Waals surface area contributed by atoms with E-state index < -0.39 is 20.0 Å². The first-order valence-corrected chi connectivity index (χ1v) is 35.2. The Morgan fingerprint density at radius 2 is 0.817 bits per heavy atom. The normalized spacial score (nSPS) is 14.3. The molecule has 0 aromatic carbocycles. The maximum Gasteiger partial charge on any atom is 0.472 e. The highest BCUT2D eigenvalue weighted by Crippen LogP contribution is 2.43. The van der Waals surface area contributed by atoms with E-state index in [0.717, 1.165) is 116 Å². The van der Waals surface area contributed by atoms with Crippen LogP contribution in [0, 0.1) is 0 Å². The summed E-state index contributed by atoms with van der Waals surface area (Å²) in [5.74, 6) is -0.547. The molecule has 3 atom stereocenters. The van der Waals surface area contributed by atoms with Crippen LogP contribution in [0.25, 0.3) is 0 Å². The molecule has 0 rings (SSSR count). The van der Waals surface area contributed by atoms with Crippen molar-refractivity contribution in [2.45, 2.75) is 296 Å². The van der Waals surface area contributed by atoms with Gasteiger partial charge in [-0.1, -0.05) is 272 Å². The summed E-state index contributed by atoms with van der Waals surface area (Å²) in [5, 5.41) is 3.04. The molecule has 0 aliphatic heterocycles. The van der Waals surface area contributed by atoms with E-state index in [1.165, 1.54) is 128 Å². The minimum atomic E-state index is -4.47. The fraction of sp³-hybridized carbons (Fsp3) is 0.722. The molecule has 0 aromatic heterocycles. The molecule has 0 aliphatic rings. The van der Waals surface area contributed by atoms with Gasteiger partial charge in [-0.2, -0.15) is 0 Å². The van der Waals surface area contributed by atoms with Gasteiger partial charge in [-0.05, 0) is 109 Å². The zero-order chi connectivity index (χ0) is 60.0. The molecule has 9 nitrogen and oxygen atoms in total. The van der Waals surface area contributed by atoms with Gasteiger partial charge in [0.2, 0.25) is 5.91 Å². The average Bonchev–Trinajstić information content (AvgIpc) is 3.45. The van der Waals surface area contributed by atoms with Crippen LogP contribution >= 0.6 is 7.82 Å². The summed E-state index contributed by atoms with van der Waals surface area (Å²) in [7, 11) is 1.46. The zero-order valence-corrected chi connectivity index (χ0v) is 54.8. The molecule has 472 valence electrons. The van der Waals surface area contributed by atoms with E-state index in [9.17, 15) is 19.0 Å². The van der Waals surface area contributed by atoms with Gasteiger partial charge in [0.1, 0.15) is 19.3 Å². The van der Waals surface area contributed by atoms with Crippen molar-refractivity contribution in [1.82, 2.24) is 5.32 Å². The second-order valence-corrected chi connectivity index (χ2v) is 25.1. The molecule has 0 aromatic rings. The third kappa shape index (κ3) is 61.2. The number of hydrogen-bond donors (Lipinski definition) is 2. The minimum Gasteiger partial charge on any atom is -0.456 e. The Morgan fingerprint density at radius 3 is 1.26 bits per heavy atom. The van der Waals surface area contributed by atoms with Crippen molar-refractivity contribution >= 4 is 19.7 Å². The number of nitrogens with one attached hydrogen (secondary N) is 1. The van der Waals surface area contributed by atoms with Crippen LogP contribution in [0.15, 0.2) is 109 Å². The molecule has 0 saturated heterocycles. The van der Waals surface area contributed by atoms with E-state index in [-0.39, 0.29) is 31.5 Å². The number of allylic oxidation sites excluding steroid dienone is 17. The van der Waals surface area contributed by atoms with E-state index in [1.807, 2.05) is 33.3 Å². The number of carbonyl (C=O) groups is 2. The van der Waals surface area contributed by atoms with Crippen molar-refractivity contribution in [3.05, 3.63) is 109 Å². The number of phosphoric acid groups is 1. The number of unbranched alkanes of at least 4 members (excludes halogenated alkanes) is 29. The number of nitrogens with zero attached hydrogens (tertiary/aromatic N) is 1. The van der Waals surface area contributed by atoms with Crippen LogP contribution in [0.1, 0.15) is 284 Å². The highest BCUT2D eigenvalue weighted by atomic mass is 31.2.